The van der Waals surface area contributed by atoms with Crippen molar-refractivity contribution >= 4 is 10.1 Å². The van der Waals surface area contributed by atoms with Gasteiger partial charge in [0.05, 0.1) is 12.2 Å². The van der Waals surface area contributed by atoms with Gasteiger partial charge in [0.1, 0.15) is 6.61 Å². The van der Waals surface area contributed by atoms with Gasteiger partial charge in [-0.05, 0) is 53.8 Å². The second-order valence-electron chi connectivity index (χ2n) is 8.62. The van der Waals surface area contributed by atoms with Crippen LogP contribution in [0.4, 0.5) is 8.78 Å². The summed E-state index contributed by atoms with van der Waals surface area (Å²) in [6.07, 6.45) is 3.56. The summed E-state index contributed by atoms with van der Waals surface area (Å²) in [7, 11) is -5.45. The number of aliphatic hydroxyl groups is 1. The molecule has 4 saturated carbocycles. The molecule has 4 fully saturated rings. The molecule has 0 aromatic rings. The molecule has 7 atom stereocenters. The summed E-state index contributed by atoms with van der Waals surface area (Å²) in [5.41, 5.74) is -0.652. The van der Waals surface area contributed by atoms with E-state index < -0.39 is 27.6 Å². The predicted molar refractivity (Wildman–Crippen MR) is 80.9 cm³/mol. The van der Waals surface area contributed by atoms with Gasteiger partial charge >= 0.3 is 15.4 Å². The summed E-state index contributed by atoms with van der Waals surface area (Å²) in [5, 5.41) is 6.98. The highest BCUT2D eigenvalue weighted by Crippen LogP contribution is 2.93. The summed E-state index contributed by atoms with van der Waals surface area (Å²) in [6, 6.07) is 0. The standard InChI is InChI=1S/C16H24F2O5S/c1-3-9(2)16(19)10-4-13(6-14(12(10)13)5-11(14)16)7-23-8-15(17,18)24(20,21)22/h9-12,19H,3-8H2,1-2H3,(H,20,21,22). The lowest BCUT2D eigenvalue weighted by atomic mass is 9.38. The molecule has 1 spiro atoms. The molecule has 4 rings (SSSR count). The fourth-order valence-corrected chi connectivity index (χ4v) is 6.86. The van der Waals surface area contributed by atoms with Gasteiger partial charge in [-0.3, -0.25) is 4.55 Å². The van der Waals surface area contributed by atoms with Gasteiger partial charge in [-0.2, -0.15) is 17.2 Å². The molecule has 8 heteroatoms. The summed E-state index contributed by atoms with van der Waals surface area (Å²) < 4.78 is 61.3. The average Bonchev–Trinajstić information content (AvgIpc) is 3.15. The third-order valence-corrected chi connectivity index (χ3v) is 8.57. The van der Waals surface area contributed by atoms with Gasteiger partial charge in [-0.15, -0.1) is 0 Å². The Labute approximate surface area is 140 Å². The van der Waals surface area contributed by atoms with Crippen molar-refractivity contribution in [3.8, 4) is 0 Å². The lowest BCUT2D eigenvalue weighted by molar-refractivity contribution is -0.245. The summed E-state index contributed by atoms with van der Waals surface area (Å²) >= 11 is 0. The minimum Gasteiger partial charge on any atom is -0.389 e. The molecule has 0 aliphatic heterocycles. The first-order valence-corrected chi connectivity index (χ1v) is 10.0. The van der Waals surface area contributed by atoms with Crippen molar-refractivity contribution in [1.29, 1.82) is 0 Å². The Morgan fingerprint density at radius 2 is 2.04 bits per heavy atom. The summed E-state index contributed by atoms with van der Waals surface area (Å²) in [4.78, 5) is 0. The van der Waals surface area contributed by atoms with Crippen LogP contribution in [0.25, 0.3) is 0 Å². The first-order valence-electron chi connectivity index (χ1n) is 8.59. The van der Waals surface area contributed by atoms with Crippen LogP contribution in [0.2, 0.25) is 0 Å². The normalized spacial score (nSPS) is 49.7. The fraction of sp³-hybridized carbons (Fsp3) is 1.00. The molecule has 0 heterocycles. The second kappa shape index (κ2) is 4.50. The number of hydrogen-bond donors (Lipinski definition) is 2. The monoisotopic (exact) mass is 366 g/mol. The molecule has 138 valence electrons. The van der Waals surface area contributed by atoms with E-state index in [1.165, 1.54) is 0 Å². The van der Waals surface area contributed by atoms with E-state index in [2.05, 4.69) is 13.8 Å². The van der Waals surface area contributed by atoms with Gasteiger partial charge in [0.2, 0.25) is 0 Å². The average molecular weight is 366 g/mol. The van der Waals surface area contributed by atoms with Crippen molar-refractivity contribution in [2.45, 2.75) is 50.4 Å². The molecule has 0 saturated heterocycles. The first kappa shape index (κ1) is 17.1. The topological polar surface area (TPSA) is 83.8 Å². The van der Waals surface area contributed by atoms with E-state index in [0.29, 0.717) is 11.8 Å². The SMILES string of the molecule is CCC(C)C1(O)C2CC3(COCC(F)(F)S(=O)(=O)O)CC4(CC41)C23. The largest absolute Gasteiger partial charge is 0.392 e. The van der Waals surface area contributed by atoms with Crippen LogP contribution in [-0.2, 0) is 14.9 Å². The van der Waals surface area contributed by atoms with Crippen molar-refractivity contribution < 1.29 is 31.6 Å². The molecule has 4 aliphatic rings. The fourth-order valence-electron chi connectivity index (χ4n) is 6.63. The lowest BCUT2D eigenvalue weighted by Crippen LogP contribution is -2.66. The van der Waals surface area contributed by atoms with Gasteiger partial charge < -0.3 is 9.84 Å². The van der Waals surface area contributed by atoms with Crippen LogP contribution < -0.4 is 0 Å². The minimum absolute atomic E-state index is 0.0737. The van der Waals surface area contributed by atoms with E-state index >= 15 is 0 Å². The molecule has 5 nitrogen and oxygen atoms in total. The molecule has 0 aromatic carbocycles. The van der Waals surface area contributed by atoms with E-state index in [0.717, 1.165) is 25.7 Å². The Morgan fingerprint density at radius 3 is 2.62 bits per heavy atom. The molecular weight excluding hydrogens is 342 g/mol. The van der Waals surface area contributed by atoms with Gasteiger partial charge in [-0.25, -0.2) is 0 Å². The van der Waals surface area contributed by atoms with Crippen molar-refractivity contribution in [1.82, 2.24) is 0 Å². The zero-order valence-electron chi connectivity index (χ0n) is 13.8. The summed E-state index contributed by atoms with van der Waals surface area (Å²) in [6.45, 7) is 2.91. The highest BCUT2D eigenvalue weighted by molar-refractivity contribution is 7.86. The van der Waals surface area contributed by atoms with E-state index in [4.69, 9.17) is 9.29 Å². The first-order chi connectivity index (χ1) is 10.9. The second-order valence-corrected chi connectivity index (χ2v) is 10.2. The Bertz CT molecular complexity index is 682. The molecule has 24 heavy (non-hydrogen) atoms. The Balaban J connectivity index is 1.42. The van der Waals surface area contributed by atoms with E-state index in [1.54, 1.807) is 0 Å². The van der Waals surface area contributed by atoms with Crippen LogP contribution in [0.15, 0.2) is 0 Å². The molecule has 7 unspecified atom stereocenters. The maximum atomic E-state index is 13.3. The summed E-state index contributed by atoms with van der Waals surface area (Å²) in [5.74, 6) is 1.07. The van der Waals surface area contributed by atoms with Gasteiger partial charge in [0.15, 0.2) is 0 Å². The van der Waals surface area contributed by atoms with Crippen LogP contribution in [0, 0.1) is 34.5 Å². The van der Waals surface area contributed by atoms with Gasteiger partial charge in [0, 0.05) is 0 Å². The number of ether oxygens (including phenoxy) is 1. The molecule has 0 radical (unpaired) electrons. The van der Waals surface area contributed by atoms with E-state index in [1.807, 2.05) is 0 Å². The van der Waals surface area contributed by atoms with E-state index in [-0.39, 0.29) is 29.3 Å². The zero-order valence-corrected chi connectivity index (χ0v) is 14.7. The Kier molecular flexibility index (Phi) is 3.21. The molecule has 0 aromatic heterocycles. The smallest absolute Gasteiger partial charge is 0.389 e. The maximum absolute atomic E-state index is 13.3. The van der Waals surface area contributed by atoms with Gasteiger partial charge in [-0.1, -0.05) is 20.3 Å². The minimum atomic E-state index is -5.45. The Hall–Kier alpha value is -0.310. The highest BCUT2D eigenvalue weighted by Gasteiger charge is 2.91. The molecule has 0 amide bonds. The van der Waals surface area contributed by atoms with Crippen LogP contribution in [0.3, 0.4) is 0 Å². The number of rotatable bonds is 7. The van der Waals surface area contributed by atoms with Crippen molar-refractivity contribution in [3.05, 3.63) is 0 Å². The van der Waals surface area contributed by atoms with Crippen LogP contribution in [-0.4, -0.2) is 42.1 Å². The van der Waals surface area contributed by atoms with Gasteiger partial charge in [0.25, 0.3) is 0 Å². The Morgan fingerprint density at radius 1 is 1.38 bits per heavy atom. The predicted octanol–water partition coefficient (Wildman–Crippen LogP) is 2.31. The highest BCUT2D eigenvalue weighted by atomic mass is 32.2. The molecule has 2 N–H and O–H groups in total. The van der Waals surface area contributed by atoms with Crippen molar-refractivity contribution in [2.75, 3.05) is 13.2 Å². The zero-order chi connectivity index (χ0) is 17.8. The van der Waals surface area contributed by atoms with Crippen LogP contribution in [0.1, 0.15) is 39.5 Å². The molecule has 0 bridgehead atoms. The van der Waals surface area contributed by atoms with E-state index in [9.17, 15) is 22.3 Å². The third kappa shape index (κ3) is 1.76. The maximum Gasteiger partial charge on any atom is 0.392 e. The molecular formula is C16H24F2O5S. The third-order valence-electron chi connectivity index (χ3n) is 7.70. The number of halogens is 2. The molecule has 4 aliphatic carbocycles. The quantitative estimate of drug-likeness (QED) is 0.676. The van der Waals surface area contributed by atoms with Crippen molar-refractivity contribution in [3.63, 3.8) is 0 Å². The number of alkyl halides is 2. The number of hydrogen-bond acceptors (Lipinski definition) is 4. The lowest BCUT2D eigenvalue weighted by Gasteiger charge is -2.67. The van der Waals surface area contributed by atoms with Crippen LogP contribution in [0.5, 0.6) is 0 Å². The van der Waals surface area contributed by atoms with Crippen LogP contribution >= 0.6 is 0 Å². The van der Waals surface area contributed by atoms with Crippen molar-refractivity contribution in [2.24, 2.45) is 34.5 Å².